The molecule has 0 unspecified atom stereocenters. The molecule has 0 bridgehead atoms. The van der Waals surface area contributed by atoms with E-state index < -0.39 is 10.0 Å². The summed E-state index contributed by atoms with van der Waals surface area (Å²) in [6.07, 6.45) is 0.351. The zero-order valence-electron chi connectivity index (χ0n) is 15.2. The second-order valence-corrected chi connectivity index (χ2v) is 8.09. The van der Waals surface area contributed by atoms with Crippen LogP contribution in [-0.2, 0) is 21.2 Å². The van der Waals surface area contributed by atoms with Crippen molar-refractivity contribution in [1.29, 1.82) is 0 Å². The number of hydrogen-bond acceptors (Lipinski definition) is 4. The molecule has 0 aromatic heterocycles. The summed E-state index contributed by atoms with van der Waals surface area (Å²) in [4.78, 5) is 28.1. The first-order valence-corrected chi connectivity index (χ1v) is 10.4. The predicted octanol–water partition coefficient (Wildman–Crippen LogP) is 1.25. The molecule has 0 spiro atoms. The Morgan fingerprint density at radius 2 is 1.46 bits per heavy atom. The fourth-order valence-electron chi connectivity index (χ4n) is 2.97. The highest BCUT2D eigenvalue weighted by molar-refractivity contribution is 7.89. The van der Waals surface area contributed by atoms with Crippen LogP contribution in [0, 0.1) is 0 Å². The van der Waals surface area contributed by atoms with E-state index in [0.717, 1.165) is 5.56 Å². The number of anilines is 1. The van der Waals surface area contributed by atoms with E-state index in [-0.39, 0.29) is 16.8 Å². The van der Waals surface area contributed by atoms with Crippen molar-refractivity contribution in [2.45, 2.75) is 11.3 Å². The van der Waals surface area contributed by atoms with Crippen molar-refractivity contribution < 1.29 is 18.0 Å². The molecule has 0 saturated carbocycles. The van der Waals surface area contributed by atoms with Crippen molar-refractivity contribution in [2.24, 2.45) is 5.14 Å². The number of hydrogen-bond donors (Lipinski definition) is 2. The van der Waals surface area contributed by atoms with E-state index in [1.165, 1.54) is 24.3 Å². The van der Waals surface area contributed by atoms with E-state index in [2.05, 4.69) is 5.32 Å². The molecule has 8 nitrogen and oxygen atoms in total. The van der Waals surface area contributed by atoms with E-state index in [4.69, 9.17) is 5.14 Å². The van der Waals surface area contributed by atoms with Gasteiger partial charge in [0.25, 0.3) is 0 Å². The van der Waals surface area contributed by atoms with Crippen molar-refractivity contribution in [1.82, 2.24) is 9.80 Å². The lowest BCUT2D eigenvalue weighted by Gasteiger charge is -2.34. The number of urea groups is 1. The Balaban J connectivity index is 1.50. The van der Waals surface area contributed by atoms with Crippen LogP contribution in [0.25, 0.3) is 0 Å². The minimum atomic E-state index is -3.77. The Bertz CT molecular complexity index is 938. The maximum absolute atomic E-state index is 12.4. The highest BCUT2D eigenvalue weighted by Crippen LogP contribution is 2.14. The molecule has 2 aromatic carbocycles. The second-order valence-electron chi connectivity index (χ2n) is 6.53. The van der Waals surface area contributed by atoms with Gasteiger partial charge >= 0.3 is 6.03 Å². The van der Waals surface area contributed by atoms with E-state index >= 15 is 0 Å². The largest absolute Gasteiger partial charge is 0.339 e. The van der Waals surface area contributed by atoms with Gasteiger partial charge in [0.1, 0.15) is 0 Å². The number of benzene rings is 2. The molecule has 1 aliphatic rings. The van der Waals surface area contributed by atoms with Crippen LogP contribution in [0.2, 0.25) is 0 Å². The number of amides is 3. The highest BCUT2D eigenvalue weighted by atomic mass is 32.2. The molecule has 9 heteroatoms. The SMILES string of the molecule is NS(=O)(=O)c1ccc(NC(=O)N2CCN(C(=O)Cc3ccccc3)CC2)cc1. The summed E-state index contributed by atoms with van der Waals surface area (Å²) in [5, 5.41) is 7.78. The molecular formula is C19H22N4O4S. The summed E-state index contributed by atoms with van der Waals surface area (Å²) < 4.78 is 22.5. The van der Waals surface area contributed by atoms with Crippen LogP contribution < -0.4 is 10.5 Å². The van der Waals surface area contributed by atoms with E-state index in [0.29, 0.717) is 38.3 Å². The Hall–Kier alpha value is -2.91. The zero-order valence-corrected chi connectivity index (χ0v) is 16.1. The van der Waals surface area contributed by atoms with Crippen molar-refractivity contribution in [2.75, 3.05) is 31.5 Å². The summed E-state index contributed by atoms with van der Waals surface area (Å²) >= 11 is 0. The molecule has 3 rings (SSSR count). The lowest BCUT2D eigenvalue weighted by atomic mass is 10.1. The van der Waals surface area contributed by atoms with Crippen LogP contribution in [0.15, 0.2) is 59.5 Å². The molecule has 1 aliphatic heterocycles. The Labute approximate surface area is 164 Å². The Morgan fingerprint density at radius 1 is 0.893 bits per heavy atom. The number of nitrogens with two attached hydrogens (primary N) is 1. The van der Waals surface area contributed by atoms with Crippen molar-refractivity contribution in [3.05, 3.63) is 60.2 Å². The van der Waals surface area contributed by atoms with Crippen LogP contribution in [0.5, 0.6) is 0 Å². The molecule has 3 N–H and O–H groups in total. The molecule has 3 amide bonds. The standard InChI is InChI=1S/C19H22N4O4S/c20-28(26,27)17-8-6-16(7-9-17)21-19(25)23-12-10-22(11-13-23)18(24)14-15-4-2-1-3-5-15/h1-9H,10-14H2,(H,21,25)(H2,20,26,27). The van der Waals surface area contributed by atoms with Gasteiger partial charge in [0.2, 0.25) is 15.9 Å². The molecule has 2 aromatic rings. The third-order valence-corrected chi connectivity index (χ3v) is 5.48. The molecule has 0 radical (unpaired) electrons. The second kappa shape index (κ2) is 8.41. The smallest absolute Gasteiger partial charge is 0.321 e. The molecule has 1 saturated heterocycles. The van der Waals surface area contributed by atoms with Crippen molar-refractivity contribution in [3.8, 4) is 0 Å². The molecular weight excluding hydrogens is 380 g/mol. The topological polar surface area (TPSA) is 113 Å². The normalized spacial score (nSPS) is 14.6. The van der Waals surface area contributed by atoms with Gasteiger partial charge in [-0.1, -0.05) is 30.3 Å². The van der Waals surface area contributed by atoms with Crippen molar-refractivity contribution in [3.63, 3.8) is 0 Å². The minimum absolute atomic E-state index is 0.0176. The third-order valence-electron chi connectivity index (χ3n) is 4.55. The van der Waals surface area contributed by atoms with E-state index in [1.807, 2.05) is 30.3 Å². The molecule has 1 heterocycles. The van der Waals surface area contributed by atoms with E-state index in [9.17, 15) is 18.0 Å². The van der Waals surface area contributed by atoms with Gasteiger partial charge in [0.05, 0.1) is 11.3 Å². The van der Waals surface area contributed by atoms with Crippen LogP contribution in [0.4, 0.5) is 10.5 Å². The zero-order chi connectivity index (χ0) is 20.1. The maximum atomic E-state index is 12.4. The number of carbonyl (C=O) groups is 2. The minimum Gasteiger partial charge on any atom is -0.339 e. The first-order valence-electron chi connectivity index (χ1n) is 8.83. The highest BCUT2D eigenvalue weighted by Gasteiger charge is 2.24. The molecule has 0 atom stereocenters. The summed E-state index contributed by atoms with van der Waals surface area (Å²) in [7, 11) is -3.77. The van der Waals surface area contributed by atoms with Gasteiger partial charge in [-0.25, -0.2) is 18.4 Å². The van der Waals surface area contributed by atoms with Gasteiger partial charge in [-0.2, -0.15) is 0 Å². The quantitative estimate of drug-likeness (QED) is 0.801. The lowest BCUT2D eigenvalue weighted by molar-refractivity contribution is -0.131. The van der Waals surface area contributed by atoms with Crippen molar-refractivity contribution >= 4 is 27.6 Å². The Morgan fingerprint density at radius 3 is 2.04 bits per heavy atom. The fourth-order valence-corrected chi connectivity index (χ4v) is 3.49. The third kappa shape index (κ3) is 5.08. The van der Waals surface area contributed by atoms with E-state index in [1.54, 1.807) is 9.80 Å². The molecule has 148 valence electrons. The fraction of sp³-hybridized carbons (Fsp3) is 0.263. The first-order chi connectivity index (χ1) is 13.3. The van der Waals surface area contributed by atoms with Crippen LogP contribution in [-0.4, -0.2) is 56.3 Å². The summed E-state index contributed by atoms with van der Waals surface area (Å²) in [5.41, 5.74) is 1.44. The number of carbonyl (C=O) groups excluding carboxylic acids is 2. The number of nitrogens with one attached hydrogen (secondary N) is 1. The average molecular weight is 402 g/mol. The van der Waals surface area contributed by atoms with Gasteiger partial charge < -0.3 is 15.1 Å². The van der Waals surface area contributed by atoms with Gasteiger partial charge in [0, 0.05) is 31.9 Å². The van der Waals surface area contributed by atoms with Gasteiger partial charge in [-0.15, -0.1) is 0 Å². The molecule has 28 heavy (non-hydrogen) atoms. The van der Waals surface area contributed by atoms with Crippen LogP contribution in [0.3, 0.4) is 0 Å². The predicted molar refractivity (Wildman–Crippen MR) is 105 cm³/mol. The number of sulfonamides is 1. The van der Waals surface area contributed by atoms with Gasteiger partial charge in [-0.05, 0) is 29.8 Å². The van der Waals surface area contributed by atoms with Gasteiger partial charge in [0.15, 0.2) is 0 Å². The summed E-state index contributed by atoms with van der Waals surface area (Å²) in [6.45, 7) is 1.82. The number of primary sulfonamides is 1. The average Bonchev–Trinajstić information content (AvgIpc) is 2.68. The first kappa shape index (κ1) is 19.8. The summed E-state index contributed by atoms with van der Waals surface area (Å²) in [6, 6.07) is 14.9. The monoisotopic (exact) mass is 402 g/mol. The maximum Gasteiger partial charge on any atom is 0.321 e. The number of rotatable bonds is 4. The lowest BCUT2D eigenvalue weighted by Crippen LogP contribution is -2.52. The molecule has 0 aliphatic carbocycles. The Kier molecular flexibility index (Phi) is 5.96. The summed E-state index contributed by atoms with van der Waals surface area (Å²) in [5.74, 6) is 0.0461. The number of piperazine rings is 1. The number of nitrogens with zero attached hydrogens (tertiary/aromatic N) is 2. The molecule has 1 fully saturated rings. The van der Waals surface area contributed by atoms with Gasteiger partial charge in [-0.3, -0.25) is 4.79 Å². The van der Waals surface area contributed by atoms with Crippen LogP contribution >= 0.6 is 0 Å². The van der Waals surface area contributed by atoms with Crippen LogP contribution in [0.1, 0.15) is 5.56 Å².